The van der Waals surface area contributed by atoms with Crippen LogP contribution in [0.15, 0.2) is 24.3 Å². The lowest BCUT2D eigenvalue weighted by atomic mass is 10.0. The number of aromatic nitrogens is 1. The van der Waals surface area contributed by atoms with Gasteiger partial charge in [-0.05, 0) is 49.0 Å². The number of nitrogens with one attached hydrogen (secondary N) is 3. The topological polar surface area (TPSA) is 83.2 Å². The van der Waals surface area contributed by atoms with Gasteiger partial charge in [-0.15, -0.1) is 6.42 Å². The van der Waals surface area contributed by atoms with Crippen molar-refractivity contribution in [1.29, 1.82) is 0 Å². The maximum atomic E-state index is 12.8. The Bertz CT molecular complexity index is 885. The number of hydrogen-bond acceptors (Lipinski definition) is 4. The maximum Gasteiger partial charge on any atom is 0.268 e. The van der Waals surface area contributed by atoms with Gasteiger partial charge in [0.05, 0.1) is 13.2 Å². The van der Waals surface area contributed by atoms with Gasteiger partial charge in [-0.3, -0.25) is 9.59 Å². The summed E-state index contributed by atoms with van der Waals surface area (Å²) in [5, 5.41) is 6.54. The SMILES string of the molecule is C#C[C@H](CCSC)NC(=O)[C@H](CC(C)C)NC(=O)c1cc2c(OC)cccc2[nH]1. The van der Waals surface area contributed by atoms with Crippen molar-refractivity contribution in [2.24, 2.45) is 5.92 Å². The van der Waals surface area contributed by atoms with Crippen molar-refractivity contribution in [1.82, 2.24) is 15.6 Å². The summed E-state index contributed by atoms with van der Waals surface area (Å²) in [4.78, 5) is 28.7. The summed E-state index contributed by atoms with van der Waals surface area (Å²) in [7, 11) is 1.59. The van der Waals surface area contributed by atoms with Gasteiger partial charge in [-0.1, -0.05) is 25.8 Å². The number of benzene rings is 1. The second-order valence-electron chi connectivity index (χ2n) is 7.27. The molecule has 2 aromatic rings. The fourth-order valence-corrected chi connectivity index (χ4v) is 3.54. The first kappa shape index (κ1) is 22.7. The number of H-pyrrole nitrogens is 1. The molecule has 0 bridgehead atoms. The molecule has 7 heteroatoms. The Labute approximate surface area is 176 Å². The Kier molecular flexibility index (Phi) is 8.47. The number of aromatic amines is 1. The summed E-state index contributed by atoms with van der Waals surface area (Å²) in [5.41, 5.74) is 1.17. The zero-order chi connectivity index (χ0) is 21.4. The van der Waals surface area contributed by atoms with E-state index in [1.165, 1.54) is 0 Å². The number of ether oxygens (including phenoxy) is 1. The van der Waals surface area contributed by atoms with Gasteiger partial charge in [-0.25, -0.2) is 0 Å². The van der Waals surface area contributed by atoms with E-state index in [1.54, 1.807) is 24.9 Å². The average molecular weight is 416 g/mol. The number of fused-ring (bicyclic) bond motifs is 1. The first-order valence-electron chi connectivity index (χ1n) is 9.61. The largest absolute Gasteiger partial charge is 0.496 e. The second-order valence-corrected chi connectivity index (χ2v) is 8.26. The van der Waals surface area contributed by atoms with Crippen LogP contribution in [-0.2, 0) is 4.79 Å². The van der Waals surface area contributed by atoms with Crippen molar-refractivity contribution in [3.8, 4) is 18.1 Å². The lowest BCUT2D eigenvalue weighted by Crippen LogP contribution is -2.50. The molecule has 6 nitrogen and oxygen atoms in total. The molecule has 0 spiro atoms. The number of thioether (sulfide) groups is 1. The number of amides is 2. The van der Waals surface area contributed by atoms with Crippen LogP contribution in [0.2, 0.25) is 0 Å². The van der Waals surface area contributed by atoms with E-state index in [2.05, 4.69) is 21.5 Å². The predicted molar refractivity (Wildman–Crippen MR) is 119 cm³/mol. The molecule has 156 valence electrons. The normalized spacial score (nSPS) is 13.0. The number of carbonyl (C=O) groups excluding carboxylic acids is 2. The lowest BCUT2D eigenvalue weighted by Gasteiger charge is -2.22. The van der Waals surface area contributed by atoms with Gasteiger partial charge < -0.3 is 20.4 Å². The van der Waals surface area contributed by atoms with Crippen molar-refractivity contribution in [2.75, 3.05) is 19.1 Å². The van der Waals surface area contributed by atoms with Gasteiger partial charge in [-0.2, -0.15) is 11.8 Å². The number of rotatable bonds is 10. The van der Waals surface area contributed by atoms with Gasteiger partial charge in [0.1, 0.15) is 17.5 Å². The van der Waals surface area contributed by atoms with E-state index in [9.17, 15) is 9.59 Å². The number of hydrogen-bond donors (Lipinski definition) is 3. The van der Waals surface area contributed by atoms with Crippen molar-refractivity contribution < 1.29 is 14.3 Å². The average Bonchev–Trinajstić information content (AvgIpc) is 3.14. The molecule has 1 aromatic heterocycles. The Hall–Kier alpha value is -2.59. The minimum atomic E-state index is -0.666. The van der Waals surface area contributed by atoms with Crippen LogP contribution < -0.4 is 15.4 Å². The molecule has 1 heterocycles. The molecular formula is C22H29N3O3S. The van der Waals surface area contributed by atoms with Crippen LogP contribution in [0.1, 0.15) is 37.2 Å². The third-order valence-electron chi connectivity index (χ3n) is 4.55. The van der Waals surface area contributed by atoms with Crippen molar-refractivity contribution in [2.45, 2.75) is 38.8 Å². The van der Waals surface area contributed by atoms with Crippen LogP contribution >= 0.6 is 11.8 Å². The van der Waals surface area contributed by atoms with Gasteiger partial charge in [0.2, 0.25) is 5.91 Å². The third kappa shape index (κ3) is 6.20. The molecule has 0 aliphatic carbocycles. The minimum Gasteiger partial charge on any atom is -0.496 e. The number of methoxy groups -OCH3 is 1. The fraction of sp³-hybridized carbons (Fsp3) is 0.455. The molecule has 2 rings (SSSR count). The summed E-state index contributed by atoms with van der Waals surface area (Å²) in [5.74, 6) is 3.77. The molecule has 0 saturated heterocycles. The highest BCUT2D eigenvalue weighted by Gasteiger charge is 2.25. The summed E-state index contributed by atoms with van der Waals surface area (Å²) in [6, 6.07) is 6.27. The van der Waals surface area contributed by atoms with Crippen LogP contribution in [0, 0.1) is 18.3 Å². The minimum absolute atomic E-state index is 0.226. The van der Waals surface area contributed by atoms with Crippen molar-refractivity contribution in [3.63, 3.8) is 0 Å². The van der Waals surface area contributed by atoms with E-state index in [4.69, 9.17) is 11.2 Å². The molecule has 0 radical (unpaired) electrons. The number of terminal acetylenes is 1. The van der Waals surface area contributed by atoms with E-state index in [0.717, 1.165) is 16.7 Å². The molecule has 0 fully saturated rings. The van der Waals surface area contributed by atoms with Gasteiger partial charge >= 0.3 is 0 Å². The zero-order valence-corrected chi connectivity index (χ0v) is 18.2. The monoisotopic (exact) mass is 415 g/mol. The lowest BCUT2D eigenvalue weighted by molar-refractivity contribution is -0.123. The summed E-state index contributed by atoms with van der Waals surface area (Å²) in [6.45, 7) is 4.01. The zero-order valence-electron chi connectivity index (χ0n) is 17.4. The van der Waals surface area contributed by atoms with Gasteiger partial charge in [0, 0.05) is 10.9 Å². The highest BCUT2D eigenvalue weighted by Crippen LogP contribution is 2.26. The molecule has 3 N–H and O–H groups in total. The Morgan fingerprint density at radius 1 is 1.31 bits per heavy atom. The molecule has 1 aromatic carbocycles. The van der Waals surface area contributed by atoms with Crippen molar-refractivity contribution in [3.05, 3.63) is 30.0 Å². The van der Waals surface area contributed by atoms with Gasteiger partial charge in [0.25, 0.3) is 5.91 Å². The van der Waals surface area contributed by atoms with E-state index < -0.39 is 6.04 Å². The predicted octanol–water partition coefficient (Wildman–Crippen LogP) is 3.19. The molecule has 2 atom stereocenters. The Balaban J connectivity index is 2.15. The van der Waals surface area contributed by atoms with Crippen LogP contribution in [0.5, 0.6) is 5.75 Å². The first-order chi connectivity index (χ1) is 13.9. The fourth-order valence-electron chi connectivity index (χ4n) is 3.07. The maximum absolute atomic E-state index is 12.8. The van der Waals surface area contributed by atoms with Crippen LogP contribution in [0.4, 0.5) is 0 Å². The summed E-state index contributed by atoms with van der Waals surface area (Å²) >= 11 is 1.67. The molecule has 0 aliphatic rings. The van der Waals surface area contributed by atoms with Gasteiger partial charge in [0.15, 0.2) is 0 Å². The Morgan fingerprint density at radius 3 is 2.69 bits per heavy atom. The molecule has 0 unspecified atom stereocenters. The molecular weight excluding hydrogens is 386 g/mol. The standard InChI is InChI=1S/C22H29N3O3S/c1-6-15(10-11-29-5)23-21(26)18(12-14(2)3)25-22(27)19-13-16-17(24-19)8-7-9-20(16)28-4/h1,7-9,13-15,18,24H,10-12H2,2-5H3,(H,23,26)(H,25,27)/t15-,18+/m1/s1. The van der Waals surface area contributed by atoms with Crippen LogP contribution in [0.3, 0.4) is 0 Å². The van der Waals surface area contributed by atoms with E-state index in [-0.39, 0.29) is 23.8 Å². The molecule has 29 heavy (non-hydrogen) atoms. The van der Waals surface area contributed by atoms with E-state index in [0.29, 0.717) is 24.3 Å². The third-order valence-corrected chi connectivity index (χ3v) is 5.19. The second kappa shape index (κ2) is 10.8. The summed E-state index contributed by atoms with van der Waals surface area (Å²) < 4.78 is 5.34. The highest BCUT2D eigenvalue weighted by atomic mass is 32.2. The molecule has 2 amide bonds. The first-order valence-corrected chi connectivity index (χ1v) is 11.0. The van der Waals surface area contributed by atoms with E-state index >= 15 is 0 Å². The Morgan fingerprint density at radius 2 is 2.07 bits per heavy atom. The molecule has 0 saturated carbocycles. The van der Waals surface area contributed by atoms with Crippen molar-refractivity contribution >= 4 is 34.5 Å². The summed E-state index contributed by atoms with van der Waals surface area (Å²) in [6.07, 6.45) is 8.74. The highest BCUT2D eigenvalue weighted by molar-refractivity contribution is 7.98. The van der Waals surface area contributed by atoms with Crippen LogP contribution in [0.25, 0.3) is 10.9 Å². The molecule has 0 aliphatic heterocycles. The number of carbonyl (C=O) groups is 2. The van der Waals surface area contributed by atoms with Crippen LogP contribution in [-0.4, -0.2) is 48.0 Å². The quantitative estimate of drug-likeness (QED) is 0.521. The smallest absolute Gasteiger partial charge is 0.268 e. The van der Waals surface area contributed by atoms with E-state index in [1.807, 2.05) is 38.3 Å².